The van der Waals surface area contributed by atoms with Gasteiger partial charge in [-0.05, 0) is 25.5 Å². The number of rotatable bonds is 1. The molecule has 1 aliphatic heterocycles. The van der Waals surface area contributed by atoms with Crippen LogP contribution in [0.25, 0.3) is 0 Å². The van der Waals surface area contributed by atoms with Crippen LogP contribution in [0.3, 0.4) is 0 Å². The van der Waals surface area contributed by atoms with Crippen LogP contribution in [-0.2, 0) is 6.42 Å². The number of halogens is 1. The molecule has 1 aromatic carbocycles. The molecule has 1 heterocycles. The van der Waals surface area contributed by atoms with Crippen molar-refractivity contribution in [2.24, 2.45) is 0 Å². The van der Waals surface area contributed by atoms with E-state index < -0.39 is 5.67 Å². The molecule has 0 amide bonds. The molecule has 1 aliphatic rings. The van der Waals surface area contributed by atoms with Gasteiger partial charge in [-0.25, -0.2) is 4.39 Å². The van der Waals surface area contributed by atoms with E-state index in [1.54, 1.807) is 14.0 Å². The number of hydrogen-bond donors (Lipinski definition) is 1. The molecule has 0 saturated heterocycles. The Kier molecular flexibility index (Phi) is 2.55. The maximum absolute atomic E-state index is 14.0. The van der Waals surface area contributed by atoms with Crippen LogP contribution < -0.4 is 10.1 Å². The van der Waals surface area contributed by atoms with E-state index in [4.69, 9.17) is 4.74 Å². The second-order valence-electron chi connectivity index (χ2n) is 4.25. The van der Waals surface area contributed by atoms with Gasteiger partial charge in [0.1, 0.15) is 11.4 Å². The van der Waals surface area contributed by atoms with Crippen LogP contribution in [-0.4, -0.2) is 19.3 Å². The molecule has 0 spiro atoms. The van der Waals surface area contributed by atoms with Crippen molar-refractivity contribution >= 4 is 5.69 Å². The molecule has 2 nitrogen and oxygen atoms in total. The van der Waals surface area contributed by atoms with E-state index in [1.165, 1.54) is 0 Å². The van der Waals surface area contributed by atoms with Gasteiger partial charge in [-0.3, -0.25) is 0 Å². The van der Waals surface area contributed by atoms with E-state index in [0.29, 0.717) is 19.4 Å². The summed E-state index contributed by atoms with van der Waals surface area (Å²) in [6.07, 6.45) is 0.949. The summed E-state index contributed by atoms with van der Waals surface area (Å²) in [6.45, 7) is 2.32. The lowest BCUT2D eigenvalue weighted by Gasteiger charge is -2.18. The van der Waals surface area contributed by atoms with Crippen LogP contribution in [0, 0.1) is 0 Å². The van der Waals surface area contributed by atoms with Gasteiger partial charge in [-0.2, -0.15) is 0 Å². The third-order valence-electron chi connectivity index (χ3n) is 2.86. The predicted octanol–water partition coefficient (Wildman–Crippen LogP) is 2.78. The first-order chi connectivity index (χ1) is 7.12. The number of nitrogens with one attached hydrogen (secondary N) is 1. The minimum Gasteiger partial charge on any atom is -0.496 e. The Labute approximate surface area is 89.4 Å². The molecular formula is C12H16FNO. The minimum absolute atomic E-state index is 0.416. The van der Waals surface area contributed by atoms with Crippen LogP contribution in [0.1, 0.15) is 18.9 Å². The third kappa shape index (κ3) is 2.06. The van der Waals surface area contributed by atoms with Gasteiger partial charge in [-0.1, -0.05) is 6.07 Å². The summed E-state index contributed by atoms with van der Waals surface area (Å²) in [5, 5.41) is 3.24. The standard InChI is InChI=1S/C12H16FNO/c1-12(13)6-7-14-10-4-3-5-11(15-2)9(10)8-12/h3-5,14H,6-8H2,1-2H3. The Hall–Kier alpha value is -1.25. The topological polar surface area (TPSA) is 21.3 Å². The Morgan fingerprint density at radius 3 is 3.00 bits per heavy atom. The molecular weight excluding hydrogens is 193 g/mol. The molecule has 2 rings (SSSR count). The first kappa shape index (κ1) is 10.3. The number of benzene rings is 1. The summed E-state index contributed by atoms with van der Waals surface area (Å²) in [5.74, 6) is 0.769. The lowest BCUT2D eigenvalue weighted by molar-refractivity contribution is 0.181. The normalized spacial score (nSPS) is 25.0. The van der Waals surface area contributed by atoms with Gasteiger partial charge >= 0.3 is 0 Å². The minimum atomic E-state index is -1.15. The highest BCUT2D eigenvalue weighted by molar-refractivity contribution is 5.58. The first-order valence-electron chi connectivity index (χ1n) is 5.21. The van der Waals surface area contributed by atoms with E-state index in [2.05, 4.69) is 5.32 Å². The van der Waals surface area contributed by atoms with Gasteiger partial charge in [0.25, 0.3) is 0 Å². The molecule has 0 aromatic heterocycles. The number of ether oxygens (including phenoxy) is 1. The fourth-order valence-electron chi connectivity index (χ4n) is 2.02. The van der Waals surface area contributed by atoms with Crippen LogP contribution >= 0.6 is 0 Å². The summed E-state index contributed by atoms with van der Waals surface area (Å²) in [6, 6.07) is 5.77. The molecule has 0 saturated carbocycles. The van der Waals surface area contributed by atoms with Crippen molar-refractivity contribution < 1.29 is 9.13 Å². The highest BCUT2D eigenvalue weighted by atomic mass is 19.1. The van der Waals surface area contributed by atoms with Gasteiger partial charge in [0.2, 0.25) is 0 Å². The van der Waals surface area contributed by atoms with Crippen molar-refractivity contribution in [3.63, 3.8) is 0 Å². The third-order valence-corrected chi connectivity index (χ3v) is 2.86. The molecule has 3 heteroatoms. The van der Waals surface area contributed by atoms with E-state index >= 15 is 0 Å². The zero-order valence-corrected chi connectivity index (χ0v) is 9.14. The monoisotopic (exact) mass is 209 g/mol. The summed E-state index contributed by atoms with van der Waals surface area (Å²) < 4.78 is 19.3. The Morgan fingerprint density at radius 2 is 2.27 bits per heavy atom. The van der Waals surface area contributed by atoms with E-state index in [0.717, 1.165) is 17.0 Å². The lowest BCUT2D eigenvalue weighted by atomic mass is 9.95. The lowest BCUT2D eigenvalue weighted by Crippen LogP contribution is -2.22. The summed E-state index contributed by atoms with van der Waals surface area (Å²) in [7, 11) is 1.62. The molecule has 82 valence electrons. The largest absolute Gasteiger partial charge is 0.496 e. The SMILES string of the molecule is COc1cccc2c1CC(C)(F)CCN2. The van der Waals surface area contributed by atoms with Crippen LogP contribution in [0.5, 0.6) is 5.75 Å². The fraction of sp³-hybridized carbons (Fsp3) is 0.500. The van der Waals surface area contributed by atoms with Crippen molar-refractivity contribution in [1.29, 1.82) is 0 Å². The Morgan fingerprint density at radius 1 is 1.47 bits per heavy atom. The molecule has 0 radical (unpaired) electrons. The molecule has 1 atom stereocenters. The molecule has 1 N–H and O–H groups in total. The molecule has 15 heavy (non-hydrogen) atoms. The molecule has 1 unspecified atom stereocenters. The van der Waals surface area contributed by atoms with Crippen molar-refractivity contribution in [3.05, 3.63) is 23.8 Å². The highest BCUT2D eigenvalue weighted by Gasteiger charge is 2.29. The Bertz CT molecular complexity index is 363. The predicted molar refractivity (Wildman–Crippen MR) is 59.3 cm³/mol. The first-order valence-corrected chi connectivity index (χ1v) is 5.21. The van der Waals surface area contributed by atoms with Gasteiger partial charge in [0.05, 0.1) is 7.11 Å². The van der Waals surface area contributed by atoms with E-state index in [1.807, 2.05) is 18.2 Å². The number of methoxy groups -OCH3 is 1. The van der Waals surface area contributed by atoms with Crippen molar-refractivity contribution in [2.75, 3.05) is 19.0 Å². The smallest absolute Gasteiger partial charge is 0.124 e. The van der Waals surface area contributed by atoms with Crippen molar-refractivity contribution in [3.8, 4) is 5.75 Å². The van der Waals surface area contributed by atoms with Gasteiger partial charge in [-0.15, -0.1) is 0 Å². The van der Waals surface area contributed by atoms with Crippen molar-refractivity contribution in [2.45, 2.75) is 25.4 Å². The molecule has 0 aliphatic carbocycles. The Balaban J connectivity index is 2.43. The van der Waals surface area contributed by atoms with Gasteiger partial charge < -0.3 is 10.1 Å². The van der Waals surface area contributed by atoms with Gasteiger partial charge in [0.15, 0.2) is 0 Å². The zero-order chi connectivity index (χ0) is 10.9. The highest BCUT2D eigenvalue weighted by Crippen LogP contribution is 2.35. The van der Waals surface area contributed by atoms with E-state index in [9.17, 15) is 4.39 Å². The fourth-order valence-corrected chi connectivity index (χ4v) is 2.02. The average molecular weight is 209 g/mol. The van der Waals surface area contributed by atoms with Crippen LogP contribution in [0.4, 0.5) is 10.1 Å². The zero-order valence-electron chi connectivity index (χ0n) is 9.14. The van der Waals surface area contributed by atoms with Gasteiger partial charge in [0, 0.05) is 24.2 Å². The molecule has 1 aromatic rings. The number of hydrogen-bond acceptors (Lipinski definition) is 2. The number of alkyl halides is 1. The number of anilines is 1. The summed E-state index contributed by atoms with van der Waals surface area (Å²) in [4.78, 5) is 0. The van der Waals surface area contributed by atoms with E-state index in [-0.39, 0.29) is 0 Å². The summed E-state index contributed by atoms with van der Waals surface area (Å²) >= 11 is 0. The maximum Gasteiger partial charge on any atom is 0.124 e. The second kappa shape index (κ2) is 3.72. The maximum atomic E-state index is 14.0. The summed E-state index contributed by atoms with van der Waals surface area (Å²) in [5.41, 5.74) is 0.797. The average Bonchev–Trinajstić information content (AvgIpc) is 2.34. The quantitative estimate of drug-likeness (QED) is 0.768. The second-order valence-corrected chi connectivity index (χ2v) is 4.25. The van der Waals surface area contributed by atoms with Crippen LogP contribution in [0.15, 0.2) is 18.2 Å². The van der Waals surface area contributed by atoms with Crippen molar-refractivity contribution in [1.82, 2.24) is 0 Å². The van der Waals surface area contributed by atoms with Crippen LogP contribution in [0.2, 0.25) is 0 Å². The molecule has 0 bridgehead atoms. The number of fused-ring (bicyclic) bond motifs is 1. The molecule has 0 fully saturated rings.